The normalized spacial score (nSPS) is 8.18. The number of rotatable bonds is 22. The van der Waals surface area contributed by atoms with Gasteiger partial charge < -0.3 is 198 Å². The Morgan fingerprint density at radius 2 is 0.363 bits per heavy atom. The van der Waals surface area contributed by atoms with E-state index in [0.717, 1.165) is 0 Å². The topological polar surface area (TPSA) is 389 Å². The van der Waals surface area contributed by atoms with Gasteiger partial charge in [0.2, 0.25) is 0 Å². The van der Waals surface area contributed by atoms with E-state index in [1.807, 2.05) is 101 Å². The Balaban J connectivity index is -0.0000000354. The fraction of sp³-hybridized carbons (Fsp3) is 0.630. The number of nitrogens with zero attached hydrogens (tertiary/aromatic N) is 30. The quantitative estimate of drug-likeness (QED) is 0.0206. The molecular weight excluding hydrogens is 1870 g/mol. The summed E-state index contributed by atoms with van der Waals surface area (Å²) in [5.41, 5.74) is 54.0. The molecule has 0 unspecified atom stereocenters. The third-order valence-corrected chi connectivity index (χ3v) is 15.8. The van der Waals surface area contributed by atoms with Crippen molar-refractivity contribution in [1.82, 2.24) is 58.1 Å². The van der Waals surface area contributed by atoms with Gasteiger partial charge in [0, 0.05) is 51.0 Å². The third kappa shape index (κ3) is 74.2. The molecule has 0 fully saturated rings. The van der Waals surface area contributed by atoms with Crippen molar-refractivity contribution < 1.29 is 162 Å². The Labute approximate surface area is 761 Å². The van der Waals surface area contributed by atoms with Gasteiger partial charge in [-0.3, -0.25) is 19.6 Å². The summed E-state index contributed by atoms with van der Waals surface area (Å²) in [5.74, 6) is 0. The fourth-order valence-electron chi connectivity index (χ4n) is 9.06. The molecule has 0 amide bonds. The van der Waals surface area contributed by atoms with Gasteiger partial charge in [0.05, 0.1) is 117 Å². The fourth-order valence-corrected chi connectivity index (χ4v) is 9.06. The van der Waals surface area contributed by atoms with Crippen molar-refractivity contribution in [2.75, 3.05) is 105 Å². The molecule has 0 bridgehead atoms. The first-order chi connectivity index (χ1) is 41.4. The van der Waals surface area contributed by atoms with Gasteiger partial charge in [0.15, 0.2) is 0 Å². The number of hydrogen-bond acceptors (Lipinski definition) is 8. The van der Waals surface area contributed by atoms with E-state index < -0.39 is 14.2 Å². The van der Waals surface area contributed by atoms with Crippen molar-refractivity contribution >= 4 is 122 Å². The second kappa shape index (κ2) is 113. The van der Waals surface area contributed by atoms with Gasteiger partial charge in [-0.25, -0.2) is 30.6 Å². The smallest absolute Gasteiger partial charge is 2.00 e. The van der Waals surface area contributed by atoms with E-state index in [2.05, 4.69) is 141 Å². The average Bonchev–Trinajstić information content (AvgIpc) is 1.10. The molecule has 0 saturated carbocycles. The minimum atomic E-state index is -1.12. The maximum atomic E-state index is 7.32. The molecule has 0 aliphatic rings. The first kappa shape index (κ1) is 162. The summed E-state index contributed by atoms with van der Waals surface area (Å²) in [6, 6.07) is 14.9. The van der Waals surface area contributed by atoms with Crippen molar-refractivity contribution in [1.29, 1.82) is 10.5 Å². The molecule has 0 aromatic carbocycles. The van der Waals surface area contributed by atoms with Crippen molar-refractivity contribution in [3.8, 4) is 12.1 Å². The van der Waals surface area contributed by atoms with Crippen molar-refractivity contribution in [2.45, 2.75) is 125 Å². The third-order valence-electron chi connectivity index (χ3n) is 15.8. The van der Waals surface area contributed by atoms with Crippen LogP contribution in [0, 0.1) is 22.7 Å². The summed E-state index contributed by atoms with van der Waals surface area (Å²) in [6.45, 7) is 59.8. The molecule has 586 valence electrons. The Bertz CT molecular complexity index is 2140. The summed E-state index contributed by atoms with van der Waals surface area (Å²) in [7, 11) is -2.25. The zero-order chi connectivity index (χ0) is 67.1. The molecule has 0 atom stereocenters. The van der Waals surface area contributed by atoms with Gasteiger partial charge >= 0.3 is 159 Å². The Kier molecular flexibility index (Phi) is 179. The number of aromatic nitrogens is 12. The molecular formula is C54H106B2Fe6Mo2N30S8. The van der Waals surface area contributed by atoms with E-state index in [-0.39, 0.29) is 253 Å². The summed E-state index contributed by atoms with van der Waals surface area (Å²) >= 11 is 0. The summed E-state index contributed by atoms with van der Waals surface area (Å²) in [6.07, 6.45) is 22.1. The molecule has 2 radical (unpaired) electrons. The van der Waals surface area contributed by atoms with Crippen LogP contribution >= 0.6 is 0 Å². The van der Waals surface area contributed by atoms with E-state index in [0.29, 0.717) is 0 Å². The van der Waals surface area contributed by atoms with Crippen LogP contribution in [0.2, 0.25) is 0 Å². The molecule has 48 heteroatoms. The van der Waals surface area contributed by atoms with Gasteiger partial charge in [-0.15, -0.1) is 0 Å². The van der Waals surface area contributed by atoms with Crippen LogP contribution in [0.25, 0.3) is 63.9 Å². The molecule has 6 aromatic rings. The van der Waals surface area contributed by atoms with Crippen LogP contribution in [0.4, 0.5) is 0 Å². The average molecular weight is 1980 g/mol. The second-order valence-corrected chi connectivity index (χ2v) is 18.4. The maximum absolute atomic E-state index is 7.32. The standard InChI is InChI=1S/2C9H10BN6.4C8H20N.2C2H3N.6Fe.2Mo.4N3.8S/c2*1-4-11-14(7-1)10(15-8-2-5-12-15)16-9-3-6-13-16;4*1-5-9(6-2,7-3)8-4;2*1-2-3;;;;;;;;;4*1-3-2;;;;;;;;/h2*1-10H;4*5-8H2,1-4H3;2*1H3;;;;;;;;;;;;;;;;;;;;/q2*-1;4*+1;;;4*+2;2*+3;2*+2;4*-1;8*-2. The molecule has 0 aliphatic carbocycles. The Morgan fingerprint density at radius 1 is 0.284 bits per heavy atom. The molecule has 0 aliphatic heterocycles. The van der Waals surface area contributed by atoms with Crippen molar-refractivity contribution in [2.24, 2.45) is 0 Å². The molecule has 0 N–H and O–H groups in total. The number of nitriles is 2. The largest absolute Gasteiger partial charge is 3.00 e. The summed E-state index contributed by atoms with van der Waals surface area (Å²) < 4.78 is 16.4. The van der Waals surface area contributed by atoms with Crippen molar-refractivity contribution in [3.05, 3.63) is 175 Å². The van der Waals surface area contributed by atoms with Crippen LogP contribution in [0.5, 0.6) is 0 Å². The summed E-state index contributed by atoms with van der Waals surface area (Å²) in [4.78, 5) is 6.00. The predicted molar refractivity (Wildman–Crippen MR) is 412 cm³/mol. The minimum absolute atomic E-state index is 0. The molecule has 6 heterocycles. The first-order valence-corrected chi connectivity index (χ1v) is 29.6. The zero-order valence-corrected chi connectivity index (χ0v) is 78.9. The molecule has 6 aromatic heterocycles. The monoisotopic (exact) mass is 1980 g/mol. The molecule has 0 spiro atoms. The zero-order valence-electron chi connectivity index (χ0n) is 61.7. The van der Waals surface area contributed by atoms with Crippen LogP contribution < -0.4 is 0 Å². The van der Waals surface area contributed by atoms with E-state index in [4.69, 9.17) is 54.8 Å². The van der Waals surface area contributed by atoms with Gasteiger partial charge in [-0.05, 0) is 184 Å². The van der Waals surface area contributed by atoms with Crippen LogP contribution in [0.3, 0.4) is 0 Å². The van der Waals surface area contributed by atoms with Gasteiger partial charge in [0.1, 0.15) is 0 Å². The number of quaternary nitrogens is 4. The summed E-state index contributed by atoms with van der Waals surface area (Å²) in [5, 5.41) is 40.2. The molecule has 102 heavy (non-hydrogen) atoms. The van der Waals surface area contributed by atoms with E-state index in [1.165, 1.54) is 156 Å². The van der Waals surface area contributed by atoms with Crippen molar-refractivity contribution in [3.63, 3.8) is 0 Å². The van der Waals surface area contributed by atoms with Crippen LogP contribution in [0.1, 0.15) is 125 Å². The van der Waals surface area contributed by atoms with E-state index in [9.17, 15) is 0 Å². The maximum Gasteiger partial charge on any atom is 3.00 e. The van der Waals surface area contributed by atoms with Gasteiger partial charge in [-0.1, -0.05) is 0 Å². The van der Waals surface area contributed by atoms with Crippen LogP contribution in [-0.2, 0) is 253 Å². The number of hydrogen-bond donors (Lipinski definition) is 0. The SMILES string of the molecule is CC#N.CC#N.CC[N+](CC)(CC)CC.CC[N+](CC)(CC)CC.CC[N+](CC)(CC)CC.CC[N+](CC)(CC)CC.[Fe+2].[Fe+2].[Fe+2].[Fe+2].[Fe+3].[Fe+3].[Mo+2].[Mo+2].[N-]=[N+]=[N-].[N-]=[N+]=[N-].[N-]=[N+]=[N-].[N-]=[N+]=[N-].[S-2].[S-2].[S-2].[S-2].[S-2].[S-2].[S-2].[S-2].c1cnn([BH-](n2cccn2)n2cccn2)c1.c1cnn([BH-](n2cccn2)n2cccn2)c1. The predicted octanol–water partition coefficient (Wildman–Crippen LogP) is 11.9. The van der Waals surface area contributed by atoms with E-state index in [1.54, 1.807) is 49.3 Å². The van der Waals surface area contributed by atoms with Gasteiger partial charge in [0.25, 0.3) is 0 Å². The van der Waals surface area contributed by atoms with Crippen LogP contribution in [-0.4, -0.2) is 195 Å². The molecule has 6 rings (SSSR count). The Morgan fingerprint density at radius 3 is 0.402 bits per heavy atom. The van der Waals surface area contributed by atoms with Gasteiger partial charge in [-0.2, -0.15) is 10.5 Å². The first-order valence-electron chi connectivity index (χ1n) is 29.6. The molecule has 0 saturated heterocycles. The minimum Gasteiger partial charge on any atom is -2.00 e. The second-order valence-electron chi connectivity index (χ2n) is 18.4. The van der Waals surface area contributed by atoms with Crippen LogP contribution in [0.15, 0.2) is 111 Å². The van der Waals surface area contributed by atoms with E-state index >= 15 is 0 Å². The Hall–Kier alpha value is -1.26. The molecule has 30 nitrogen and oxygen atoms in total.